The van der Waals surface area contributed by atoms with Crippen LogP contribution in [0.2, 0.25) is 0 Å². The quantitative estimate of drug-likeness (QED) is 0.549. The molecule has 0 amide bonds. The van der Waals surface area contributed by atoms with Crippen molar-refractivity contribution in [2.24, 2.45) is 0 Å². The van der Waals surface area contributed by atoms with E-state index in [4.69, 9.17) is 9.29 Å². The fourth-order valence-corrected chi connectivity index (χ4v) is 1.75. The molecule has 0 saturated heterocycles. The number of aliphatic hydroxyl groups excluding tert-OH is 1. The average molecular weight is 294 g/mol. The SMILES string of the molecule is CNCC(O)c1ccc(OS(=O)(=O)O)c(OC)c1.N. The first-order valence-corrected chi connectivity index (χ1v) is 6.41. The first-order chi connectivity index (χ1) is 8.37. The van der Waals surface area contributed by atoms with Crippen LogP contribution in [0.4, 0.5) is 0 Å². The summed E-state index contributed by atoms with van der Waals surface area (Å²) in [5.41, 5.74) is 0.531. The zero-order valence-electron chi connectivity index (χ0n) is 10.7. The third kappa shape index (κ3) is 5.41. The summed E-state index contributed by atoms with van der Waals surface area (Å²) in [4.78, 5) is 0. The Morgan fingerprint density at radius 1 is 1.37 bits per heavy atom. The second kappa shape index (κ2) is 7.26. The van der Waals surface area contributed by atoms with E-state index in [-0.39, 0.29) is 17.6 Å². The van der Waals surface area contributed by atoms with Crippen LogP contribution in [0, 0.1) is 0 Å². The standard InChI is InChI=1S/C10H15NO6S.H3N/c1-11-6-8(12)7-3-4-9(10(5-7)16-2)17-18(13,14)15;/h3-5,8,11-12H,6H2,1-2H3,(H,13,14,15);1H3. The number of nitrogens with one attached hydrogen (secondary N) is 1. The number of benzene rings is 1. The van der Waals surface area contributed by atoms with Crippen LogP contribution in [0.3, 0.4) is 0 Å². The molecule has 0 aliphatic carbocycles. The molecule has 0 aliphatic heterocycles. The van der Waals surface area contributed by atoms with E-state index in [1.807, 2.05) is 0 Å². The third-order valence-electron chi connectivity index (χ3n) is 2.17. The molecule has 0 aliphatic rings. The minimum absolute atomic E-state index is 0. The number of aliphatic hydroxyl groups is 1. The van der Waals surface area contributed by atoms with Crippen LogP contribution in [-0.4, -0.2) is 38.8 Å². The van der Waals surface area contributed by atoms with Crippen LogP contribution >= 0.6 is 0 Å². The van der Waals surface area contributed by atoms with Crippen molar-refractivity contribution in [2.45, 2.75) is 6.10 Å². The lowest BCUT2D eigenvalue weighted by Crippen LogP contribution is -2.16. The van der Waals surface area contributed by atoms with Gasteiger partial charge in [-0.05, 0) is 24.7 Å². The van der Waals surface area contributed by atoms with E-state index >= 15 is 0 Å². The maximum atomic E-state index is 10.6. The van der Waals surface area contributed by atoms with E-state index in [0.29, 0.717) is 12.1 Å². The molecule has 9 heteroatoms. The summed E-state index contributed by atoms with van der Waals surface area (Å²) in [7, 11) is -1.60. The summed E-state index contributed by atoms with van der Waals surface area (Å²) in [5.74, 6) is -0.0549. The van der Waals surface area contributed by atoms with Crippen molar-refractivity contribution in [3.63, 3.8) is 0 Å². The van der Waals surface area contributed by atoms with Gasteiger partial charge in [-0.2, -0.15) is 8.42 Å². The molecule has 110 valence electrons. The van der Waals surface area contributed by atoms with Gasteiger partial charge in [-0.3, -0.25) is 4.55 Å². The van der Waals surface area contributed by atoms with Gasteiger partial charge in [-0.25, -0.2) is 0 Å². The van der Waals surface area contributed by atoms with Gasteiger partial charge in [0.15, 0.2) is 11.5 Å². The molecule has 1 aromatic rings. The molecule has 6 N–H and O–H groups in total. The molecule has 0 aromatic heterocycles. The third-order valence-corrected chi connectivity index (χ3v) is 2.56. The van der Waals surface area contributed by atoms with E-state index in [0.717, 1.165) is 0 Å². The lowest BCUT2D eigenvalue weighted by atomic mass is 10.1. The van der Waals surface area contributed by atoms with Crippen LogP contribution < -0.4 is 20.4 Å². The van der Waals surface area contributed by atoms with Gasteiger partial charge in [0.05, 0.1) is 13.2 Å². The zero-order chi connectivity index (χ0) is 13.8. The molecule has 0 bridgehead atoms. The van der Waals surface area contributed by atoms with Crippen molar-refractivity contribution in [1.82, 2.24) is 11.5 Å². The van der Waals surface area contributed by atoms with Gasteiger partial charge in [-0.15, -0.1) is 0 Å². The van der Waals surface area contributed by atoms with Gasteiger partial charge in [0.1, 0.15) is 0 Å². The Labute approximate surface area is 111 Å². The van der Waals surface area contributed by atoms with E-state index < -0.39 is 16.5 Å². The fourth-order valence-electron chi connectivity index (χ4n) is 1.38. The Morgan fingerprint density at radius 2 is 2.00 bits per heavy atom. The average Bonchev–Trinajstić information content (AvgIpc) is 2.27. The summed E-state index contributed by atoms with van der Waals surface area (Å²) in [6.07, 6.45) is -0.760. The van der Waals surface area contributed by atoms with Crippen LogP contribution in [0.15, 0.2) is 18.2 Å². The molecule has 1 rings (SSSR count). The maximum Gasteiger partial charge on any atom is 0.446 e. The van der Waals surface area contributed by atoms with E-state index in [9.17, 15) is 13.5 Å². The fraction of sp³-hybridized carbons (Fsp3) is 0.400. The number of likely N-dealkylation sites (N-methyl/N-ethyl adjacent to an activating group) is 1. The zero-order valence-corrected chi connectivity index (χ0v) is 11.5. The maximum absolute atomic E-state index is 10.6. The van der Waals surface area contributed by atoms with E-state index in [1.165, 1.54) is 25.3 Å². The second-order valence-electron chi connectivity index (χ2n) is 3.49. The largest absolute Gasteiger partial charge is 0.493 e. The molecule has 0 spiro atoms. The van der Waals surface area contributed by atoms with Crippen LogP contribution in [0.5, 0.6) is 11.5 Å². The van der Waals surface area contributed by atoms with Crippen molar-refractivity contribution in [1.29, 1.82) is 0 Å². The monoisotopic (exact) mass is 294 g/mol. The second-order valence-corrected chi connectivity index (χ2v) is 4.52. The Bertz CT molecular complexity index is 505. The Kier molecular flexibility index (Phi) is 6.73. The van der Waals surface area contributed by atoms with E-state index in [1.54, 1.807) is 7.05 Å². The summed E-state index contributed by atoms with van der Waals surface area (Å²) in [6, 6.07) is 4.20. The molecule has 1 aromatic carbocycles. The summed E-state index contributed by atoms with van der Waals surface area (Å²) in [5, 5.41) is 12.5. The highest BCUT2D eigenvalue weighted by atomic mass is 32.3. The molecule has 1 atom stereocenters. The predicted molar refractivity (Wildman–Crippen MR) is 69.1 cm³/mol. The minimum atomic E-state index is -4.61. The highest BCUT2D eigenvalue weighted by molar-refractivity contribution is 7.81. The first kappa shape index (κ1) is 17.6. The Morgan fingerprint density at radius 3 is 2.47 bits per heavy atom. The van der Waals surface area contributed by atoms with Gasteiger partial charge < -0.3 is 25.5 Å². The molecule has 19 heavy (non-hydrogen) atoms. The van der Waals surface area contributed by atoms with Crippen molar-refractivity contribution in [3.8, 4) is 11.5 Å². The molecule has 0 fully saturated rings. The van der Waals surface area contributed by atoms with Crippen LogP contribution in [0.25, 0.3) is 0 Å². The lowest BCUT2D eigenvalue weighted by Gasteiger charge is -2.13. The topological polar surface area (TPSA) is 140 Å². The van der Waals surface area contributed by atoms with Crippen molar-refractivity contribution >= 4 is 10.4 Å². The van der Waals surface area contributed by atoms with Gasteiger partial charge in [0, 0.05) is 6.54 Å². The van der Waals surface area contributed by atoms with Gasteiger partial charge >= 0.3 is 10.4 Å². The normalized spacial score (nSPS) is 12.4. The lowest BCUT2D eigenvalue weighted by molar-refractivity contribution is 0.177. The van der Waals surface area contributed by atoms with Gasteiger partial charge in [0.2, 0.25) is 0 Å². The van der Waals surface area contributed by atoms with Crippen LogP contribution in [-0.2, 0) is 10.4 Å². The molecule has 1 unspecified atom stereocenters. The molecule has 0 heterocycles. The number of rotatable bonds is 6. The predicted octanol–water partition coefficient (Wildman–Crippen LogP) is 0.292. The highest BCUT2D eigenvalue weighted by Gasteiger charge is 2.15. The minimum Gasteiger partial charge on any atom is -0.493 e. The Balaban J connectivity index is 0.00000324. The van der Waals surface area contributed by atoms with Gasteiger partial charge in [-0.1, -0.05) is 6.07 Å². The number of hydrogen-bond acceptors (Lipinski definition) is 7. The van der Waals surface area contributed by atoms with Crippen LogP contribution in [0.1, 0.15) is 11.7 Å². The summed E-state index contributed by atoms with van der Waals surface area (Å²) < 4.78 is 39.1. The molecule has 0 saturated carbocycles. The van der Waals surface area contributed by atoms with Gasteiger partial charge in [0.25, 0.3) is 0 Å². The summed E-state index contributed by atoms with van der Waals surface area (Å²) >= 11 is 0. The first-order valence-electron chi connectivity index (χ1n) is 5.05. The number of methoxy groups -OCH3 is 1. The molecular weight excluding hydrogens is 276 g/mol. The smallest absolute Gasteiger partial charge is 0.446 e. The molecule has 8 nitrogen and oxygen atoms in total. The molecule has 0 radical (unpaired) electrons. The van der Waals surface area contributed by atoms with Crippen molar-refractivity contribution in [2.75, 3.05) is 20.7 Å². The summed E-state index contributed by atoms with van der Waals surface area (Å²) in [6.45, 7) is 0.335. The van der Waals surface area contributed by atoms with Crippen molar-refractivity contribution < 1.29 is 27.0 Å². The highest BCUT2D eigenvalue weighted by Crippen LogP contribution is 2.31. The number of hydrogen-bond donors (Lipinski definition) is 4. The molecular formula is C10H18N2O6S. The van der Waals surface area contributed by atoms with E-state index in [2.05, 4.69) is 9.50 Å². The Hall–Kier alpha value is -1.39. The van der Waals surface area contributed by atoms with Crippen molar-refractivity contribution in [3.05, 3.63) is 23.8 Å². The number of ether oxygens (including phenoxy) is 1.